The Balaban J connectivity index is 2.59. The maximum absolute atomic E-state index is 11.0. The number of hydrogen-bond acceptors (Lipinski definition) is 1. The van der Waals surface area contributed by atoms with Crippen LogP contribution in [0.1, 0.15) is 19.8 Å². The number of amides is 1. The molecule has 1 aliphatic carbocycles. The van der Waals surface area contributed by atoms with E-state index < -0.39 is 0 Å². The van der Waals surface area contributed by atoms with Crippen LogP contribution in [0.4, 0.5) is 0 Å². The third kappa shape index (κ3) is 1.20. The molecule has 0 aliphatic heterocycles. The van der Waals surface area contributed by atoms with Crippen molar-refractivity contribution in [3.05, 3.63) is 12.2 Å². The molecule has 1 saturated carbocycles. The van der Waals surface area contributed by atoms with Crippen LogP contribution in [0.15, 0.2) is 12.2 Å². The molecule has 2 N–H and O–H groups in total. The number of nitrogens with two attached hydrogens (primary N) is 1. The number of carbonyl (C=O) groups excluding carboxylic acids is 1. The molecule has 0 saturated heterocycles. The maximum Gasteiger partial charge on any atom is 0.221 e. The summed E-state index contributed by atoms with van der Waals surface area (Å²) in [7, 11) is 0. The van der Waals surface area contributed by atoms with E-state index in [1.54, 1.807) is 0 Å². The van der Waals surface area contributed by atoms with Gasteiger partial charge in [-0.25, -0.2) is 0 Å². The van der Waals surface area contributed by atoms with Gasteiger partial charge in [0.15, 0.2) is 1.41 Å². The highest BCUT2D eigenvalue weighted by molar-refractivity contribution is 5.77. The zero-order chi connectivity index (χ0) is 8.43. The number of hydrogen-bond donors (Lipinski definition) is 1. The quantitative estimate of drug-likeness (QED) is 0.544. The van der Waals surface area contributed by atoms with Crippen molar-refractivity contribution < 1.29 is 6.21 Å². The van der Waals surface area contributed by atoms with Gasteiger partial charge in [-0.1, -0.05) is 19.1 Å². The van der Waals surface area contributed by atoms with Gasteiger partial charge in [-0.05, 0) is 18.8 Å². The minimum Gasteiger partial charge on any atom is -0.369 e. The molecule has 0 aromatic heterocycles. The van der Waals surface area contributed by atoms with Crippen LogP contribution < -0.4 is 5.73 Å². The first-order valence-corrected chi connectivity index (χ1v) is 3.53. The second kappa shape index (κ2) is 2.45. The van der Waals surface area contributed by atoms with Crippen LogP contribution in [-0.2, 0) is 4.79 Å². The van der Waals surface area contributed by atoms with Gasteiger partial charge in [0.25, 0.3) is 0 Å². The molecule has 2 heteroatoms. The van der Waals surface area contributed by atoms with E-state index >= 15 is 0 Å². The zero-order valence-electron chi connectivity index (χ0n) is 7.18. The third-order valence-corrected chi connectivity index (χ3v) is 2.14. The van der Waals surface area contributed by atoms with E-state index in [9.17, 15) is 4.79 Å². The third-order valence-electron chi connectivity index (χ3n) is 2.14. The molecule has 0 aromatic carbocycles. The van der Waals surface area contributed by atoms with Gasteiger partial charge < -0.3 is 5.73 Å². The van der Waals surface area contributed by atoms with Gasteiger partial charge in [0.1, 0.15) is 0 Å². The summed E-state index contributed by atoms with van der Waals surface area (Å²) >= 11 is 0. The van der Waals surface area contributed by atoms with Crippen molar-refractivity contribution in [3.8, 4) is 0 Å². The summed E-state index contributed by atoms with van der Waals surface area (Å²) in [4.78, 5) is 11.0. The fourth-order valence-electron chi connectivity index (χ4n) is 1.54. The van der Waals surface area contributed by atoms with Gasteiger partial charge in [0.05, 0.1) is 0 Å². The normalized spacial score (nSPS) is 33.7. The highest BCUT2D eigenvalue weighted by Crippen LogP contribution is 2.33. The Morgan fingerprint density at radius 1 is 1.90 bits per heavy atom. The first kappa shape index (κ1) is 5.96. The van der Waals surface area contributed by atoms with Crippen molar-refractivity contribution in [1.82, 2.24) is 0 Å². The summed E-state index contributed by atoms with van der Waals surface area (Å²) in [5.74, 6) is 0.170. The lowest BCUT2D eigenvalue weighted by Gasteiger charge is -2.08. The number of rotatable bonds is 1. The molecule has 0 bridgehead atoms. The second-order valence-corrected chi connectivity index (χ2v) is 3.11. The fourth-order valence-corrected chi connectivity index (χ4v) is 1.54. The van der Waals surface area contributed by atoms with Crippen LogP contribution in [-0.4, -0.2) is 5.91 Å². The van der Waals surface area contributed by atoms with Gasteiger partial charge >= 0.3 is 0 Å². The first-order valence-electron chi connectivity index (χ1n) is 4.03. The fraction of sp³-hybridized carbons (Fsp3) is 0.625. The summed E-state index contributed by atoms with van der Waals surface area (Å²) < 4.78 is 6.70. The van der Waals surface area contributed by atoms with Gasteiger partial charge in [0, 0.05) is 5.92 Å². The van der Waals surface area contributed by atoms with Crippen molar-refractivity contribution >= 4 is 5.91 Å². The van der Waals surface area contributed by atoms with E-state index in [0.29, 0.717) is 5.92 Å². The molecule has 56 valence electrons. The summed E-state index contributed by atoms with van der Waals surface area (Å²) in [6.45, 7) is 5.86. The van der Waals surface area contributed by atoms with Gasteiger partial charge in [0.2, 0.25) is 5.91 Å². The Hall–Kier alpha value is -0.790. The summed E-state index contributed by atoms with van der Waals surface area (Å²) in [6.07, 6.45) is 1.68. The van der Waals surface area contributed by atoms with E-state index in [4.69, 9.17) is 1.41 Å². The Labute approximate surface area is 62.6 Å². The first-order chi connectivity index (χ1) is 5.15. The van der Waals surface area contributed by atoms with Gasteiger partial charge in [-0.3, -0.25) is 4.79 Å². The van der Waals surface area contributed by atoms with E-state index in [-0.39, 0.29) is 11.8 Å². The molecule has 1 aliphatic rings. The van der Waals surface area contributed by atoms with Gasteiger partial charge in [-0.2, -0.15) is 0 Å². The highest BCUT2D eigenvalue weighted by atomic mass is 16.1. The second-order valence-electron chi connectivity index (χ2n) is 3.11. The lowest BCUT2D eigenvalue weighted by Crippen LogP contribution is -2.24. The molecular formula is C8H13NO. The molecule has 0 unspecified atom stereocenters. The average Bonchev–Trinajstić information content (AvgIpc) is 2.28. The molecule has 0 spiro atoms. The van der Waals surface area contributed by atoms with E-state index in [0.717, 1.165) is 18.4 Å². The Morgan fingerprint density at radius 3 is 3.00 bits per heavy atom. The lowest BCUT2D eigenvalue weighted by atomic mass is 9.98. The van der Waals surface area contributed by atoms with Crippen LogP contribution in [0.2, 0.25) is 1.41 Å². The Kier molecular flexibility index (Phi) is 1.46. The van der Waals surface area contributed by atoms with Crippen molar-refractivity contribution in [2.24, 2.45) is 17.6 Å². The maximum atomic E-state index is 11.0. The summed E-state index contributed by atoms with van der Waals surface area (Å²) in [5.41, 5.74) is 3.06. The van der Waals surface area contributed by atoms with E-state index in [1.807, 2.05) is 12.7 Å². The van der Waals surface area contributed by atoms with Crippen LogP contribution >= 0.6 is 0 Å². The van der Waals surface area contributed by atoms with Gasteiger partial charge in [-0.15, -0.1) is 0 Å². The van der Waals surface area contributed by atoms with Crippen LogP contribution in [0, 0.1) is 11.8 Å². The molecule has 2 nitrogen and oxygen atoms in total. The van der Waals surface area contributed by atoms with Crippen LogP contribution in [0.25, 0.3) is 0 Å². The minimum atomic E-state index is -0.170. The number of carbonyl (C=O) groups is 1. The predicted octanol–water partition coefficient (Wildman–Crippen LogP) is 1.07. The molecule has 0 aromatic rings. The molecular weight excluding hydrogens is 126 g/mol. The molecule has 0 radical (unpaired) electrons. The smallest absolute Gasteiger partial charge is 0.221 e. The number of primary amides is 1. The molecule has 2 atom stereocenters. The largest absolute Gasteiger partial charge is 0.369 e. The summed E-state index contributed by atoms with van der Waals surface area (Å²) in [6, 6.07) is 0. The SMILES string of the molecule is [2H]NC(=O)[C@H]1CC(=C)C[C@@H]1C. The Bertz CT molecular complexity index is 191. The van der Waals surface area contributed by atoms with E-state index in [2.05, 4.69) is 6.58 Å². The van der Waals surface area contributed by atoms with Crippen LogP contribution in [0.5, 0.6) is 0 Å². The monoisotopic (exact) mass is 140 g/mol. The molecule has 0 heterocycles. The molecule has 1 fully saturated rings. The predicted molar refractivity (Wildman–Crippen MR) is 40.2 cm³/mol. The minimum absolute atomic E-state index is 0.0139. The lowest BCUT2D eigenvalue weighted by molar-refractivity contribution is -0.122. The summed E-state index contributed by atoms with van der Waals surface area (Å²) in [5, 5.41) is 0. The van der Waals surface area contributed by atoms with Crippen molar-refractivity contribution in [1.29, 1.82) is 0 Å². The van der Waals surface area contributed by atoms with Crippen molar-refractivity contribution in [2.45, 2.75) is 19.8 Å². The molecule has 1 amide bonds. The van der Waals surface area contributed by atoms with Crippen molar-refractivity contribution in [3.63, 3.8) is 0 Å². The number of allylic oxidation sites excluding steroid dienone is 1. The topological polar surface area (TPSA) is 43.1 Å². The van der Waals surface area contributed by atoms with Crippen molar-refractivity contribution in [2.75, 3.05) is 0 Å². The molecule has 1 rings (SSSR count). The average molecular weight is 140 g/mol. The Morgan fingerprint density at radius 2 is 2.60 bits per heavy atom. The highest BCUT2D eigenvalue weighted by Gasteiger charge is 2.29. The van der Waals surface area contributed by atoms with Crippen LogP contribution in [0.3, 0.4) is 0 Å². The standard InChI is InChI=1S/C8H13NO/c1-5-3-6(2)7(4-5)8(9)10/h6-7H,1,3-4H2,2H3,(H2,9,10)/t6-,7-/m0/s1/i/hD. The molecule has 10 heavy (non-hydrogen) atoms. The zero-order valence-corrected chi connectivity index (χ0v) is 6.18. The van der Waals surface area contributed by atoms with E-state index in [1.165, 1.54) is 0 Å².